The molecule has 1 aromatic carbocycles. The molecule has 2 saturated heterocycles. The molecule has 21 heteroatoms. The summed E-state index contributed by atoms with van der Waals surface area (Å²) in [5.74, 6) is -1.06. The van der Waals surface area contributed by atoms with Gasteiger partial charge in [-0.1, -0.05) is 17.3 Å². The molecule has 0 bridgehead atoms. The molecule has 7 rings (SSSR count). The first-order chi connectivity index (χ1) is 27.4. The Bertz CT molecular complexity index is 2230. The van der Waals surface area contributed by atoms with E-state index in [0.29, 0.717) is 17.1 Å². The monoisotopic (exact) mass is 898 g/mol. The topological polar surface area (TPSA) is 204 Å². The highest BCUT2D eigenvalue weighted by molar-refractivity contribution is 8.00. The highest BCUT2D eigenvalue weighted by Gasteiger charge is 2.55. The highest BCUT2D eigenvalue weighted by Crippen LogP contribution is 2.41. The number of ether oxygens (including phenoxy) is 3. The molecule has 3 unspecified atom stereocenters. The number of anilines is 1. The lowest BCUT2D eigenvalue weighted by molar-refractivity contribution is -0.664. The zero-order valence-corrected chi connectivity index (χ0v) is 35.6. The van der Waals surface area contributed by atoms with E-state index in [-0.39, 0.29) is 65.1 Å². The molecule has 3 aromatic heterocycles. The van der Waals surface area contributed by atoms with E-state index < -0.39 is 40.9 Å². The molecule has 6 heterocycles. The average molecular weight is 900 g/mol. The van der Waals surface area contributed by atoms with Crippen molar-refractivity contribution in [2.75, 3.05) is 37.9 Å². The van der Waals surface area contributed by atoms with Crippen LogP contribution in [0.4, 0.5) is 9.93 Å². The predicted octanol–water partition coefficient (Wildman–Crippen LogP) is -0.0925. The van der Waals surface area contributed by atoms with Gasteiger partial charge in [0.2, 0.25) is 23.0 Å². The molecule has 308 valence electrons. The lowest BCUT2D eigenvalue weighted by Crippen LogP contribution is -3.00. The first kappa shape index (κ1) is 42.5. The minimum Gasteiger partial charge on any atom is -1.00 e. The number of amides is 3. The van der Waals surface area contributed by atoms with Gasteiger partial charge in [0.25, 0.3) is 11.8 Å². The number of nitrogens with one attached hydrogen (secondary N) is 3. The van der Waals surface area contributed by atoms with E-state index in [1.807, 2.05) is 29.2 Å². The third-order valence-corrected chi connectivity index (χ3v) is 11.2. The van der Waals surface area contributed by atoms with Gasteiger partial charge >= 0.3 is 17.7 Å². The van der Waals surface area contributed by atoms with Gasteiger partial charge in [-0.3, -0.25) is 19.8 Å². The van der Waals surface area contributed by atoms with Crippen LogP contribution < -0.4 is 42.2 Å². The summed E-state index contributed by atoms with van der Waals surface area (Å²) in [6.45, 7) is 9.01. The zero-order valence-electron chi connectivity index (χ0n) is 32.4. The van der Waals surface area contributed by atoms with E-state index in [2.05, 4.69) is 35.0 Å². The van der Waals surface area contributed by atoms with Crippen LogP contribution in [-0.4, -0.2) is 103 Å². The number of oxime groups is 1. The lowest BCUT2D eigenvalue weighted by Gasteiger charge is -2.49. The molecule has 3 aliphatic heterocycles. The van der Waals surface area contributed by atoms with Crippen LogP contribution in [0.25, 0.3) is 11.2 Å². The van der Waals surface area contributed by atoms with Crippen molar-refractivity contribution in [3.8, 4) is 5.75 Å². The van der Waals surface area contributed by atoms with Gasteiger partial charge < -0.3 is 51.2 Å². The van der Waals surface area contributed by atoms with Crippen molar-refractivity contribution >= 4 is 69.2 Å². The first-order valence-electron chi connectivity index (χ1n) is 18.3. The van der Waals surface area contributed by atoms with Gasteiger partial charge in [-0.25, -0.2) is 14.2 Å². The number of halogens is 1. The van der Waals surface area contributed by atoms with E-state index in [4.69, 9.17) is 24.0 Å². The summed E-state index contributed by atoms with van der Waals surface area (Å²) in [5.41, 5.74) is 2.19. The van der Waals surface area contributed by atoms with Gasteiger partial charge in [0.15, 0.2) is 0 Å². The number of hydrogen-bond donors (Lipinski definition) is 3. The molecule has 0 radical (unpaired) electrons. The summed E-state index contributed by atoms with van der Waals surface area (Å²) in [6, 6.07) is 10.4. The minimum atomic E-state index is -1.02. The van der Waals surface area contributed by atoms with E-state index in [9.17, 15) is 19.2 Å². The van der Waals surface area contributed by atoms with Gasteiger partial charge in [-0.15, -0.1) is 11.8 Å². The molecule has 58 heavy (non-hydrogen) atoms. The van der Waals surface area contributed by atoms with Gasteiger partial charge in [0, 0.05) is 29.4 Å². The van der Waals surface area contributed by atoms with Crippen LogP contribution in [0, 0.1) is 0 Å². The summed E-state index contributed by atoms with van der Waals surface area (Å²) in [4.78, 5) is 69.6. The van der Waals surface area contributed by atoms with Crippen LogP contribution in [0.1, 0.15) is 51.5 Å². The highest BCUT2D eigenvalue weighted by atomic mass is 79.9. The Balaban J connectivity index is 0.00000567. The molecule has 2 fully saturated rings. The number of β-lactam (4-membered cyclic amide) rings is 1. The van der Waals surface area contributed by atoms with Crippen LogP contribution >= 0.6 is 23.3 Å². The number of nitrogens with zero attached hydrogens (tertiary/aromatic N) is 7. The summed E-state index contributed by atoms with van der Waals surface area (Å²) in [7, 11) is 1.57. The molecule has 3 atom stereocenters. The number of pyridine rings is 1. The molecule has 0 saturated carbocycles. The predicted molar refractivity (Wildman–Crippen MR) is 209 cm³/mol. The van der Waals surface area contributed by atoms with Crippen LogP contribution in [0.5, 0.6) is 5.75 Å². The number of carbonyl (C=O) groups excluding carboxylic acids is 4. The zero-order chi connectivity index (χ0) is 40.3. The fraction of sp³-hybridized carbons (Fsp3) is 0.432. The number of methoxy groups -OCH3 is 1. The number of carbonyl (C=O) groups is 4. The van der Waals surface area contributed by atoms with E-state index >= 15 is 0 Å². The third-order valence-electron chi connectivity index (χ3n) is 9.19. The van der Waals surface area contributed by atoms with Gasteiger partial charge in [-0.05, 0) is 75.5 Å². The number of fused-ring (bicyclic) bond motifs is 2. The van der Waals surface area contributed by atoms with Crippen molar-refractivity contribution in [3.05, 3.63) is 71.6 Å². The van der Waals surface area contributed by atoms with Crippen LogP contribution in [0.15, 0.2) is 65.3 Å². The van der Waals surface area contributed by atoms with Crippen molar-refractivity contribution < 1.29 is 59.8 Å². The van der Waals surface area contributed by atoms with Gasteiger partial charge in [-0.2, -0.15) is 9.36 Å². The number of aromatic nitrogens is 5. The fourth-order valence-corrected chi connectivity index (χ4v) is 8.46. The number of esters is 1. The fourth-order valence-electron chi connectivity index (χ4n) is 6.57. The first-order valence-corrected chi connectivity index (χ1v) is 20.1. The second-order valence-electron chi connectivity index (χ2n) is 14.3. The van der Waals surface area contributed by atoms with Gasteiger partial charge in [0.05, 0.1) is 19.3 Å². The maximum Gasteiger partial charge on any atom is 0.414 e. The Morgan fingerprint density at radius 3 is 2.66 bits per heavy atom. The Morgan fingerprint density at radius 2 is 1.95 bits per heavy atom. The van der Waals surface area contributed by atoms with Crippen molar-refractivity contribution in [1.82, 2.24) is 34.4 Å². The Hall–Kier alpha value is -5.12. The average Bonchev–Trinajstić information content (AvgIpc) is 3.98. The second kappa shape index (κ2) is 18.2. The summed E-state index contributed by atoms with van der Waals surface area (Å²) in [5, 5.41) is 12.0. The van der Waals surface area contributed by atoms with Crippen molar-refractivity contribution in [2.45, 2.75) is 70.3 Å². The van der Waals surface area contributed by atoms with E-state index in [1.54, 1.807) is 59.1 Å². The Morgan fingerprint density at radius 1 is 1.16 bits per heavy atom. The molecular formula is C37H43BrN10O8S2. The molecule has 3 amide bonds. The molecular weight excluding hydrogens is 857 g/mol. The molecule has 0 spiro atoms. The summed E-state index contributed by atoms with van der Waals surface area (Å²) in [6.07, 6.45) is 3.99. The Kier molecular flexibility index (Phi) is 13.3. The molecule has 0 aliphatic carbocycles. The minimum absolute atomic E-state index is 0. The normalized spacial score (nSPS) is 19.2. The lowest BCUT2D eigenvalue weighted by atomic mass is 10.0. The van der Waals surface area contributed by atoms with Crippen molar-refractivity contribution in [2.24, 2.45) is 5.16 Å². The number of benzene rings is 1. The second-order valence-corrected chi connectivity index (χ2v) is 16.1. The maximum absolute atomic E-state index is 14.0. The molecule has 18 nitrogen and oxygen atoms in total. The summed E-state index contributed by atoms with van der Waals surface area (Å²) >= 11 is 2.22. The SMILES string of the molecule is CCO/N=C(\C(=O)NC1C(=O)N2C(C(=O)OCc3ccc(OC)cc3)=C(C[n+]3cccc4c3ncn4C3CCNC3)CSC12)c1nsc(NC(=O)OC(C)(C)C)n1.[Br-]. The van der Waals surface area contributed by atoms with Crippen molar-refractivity contribution in [3.63, 3.8) is 0 Å². The van der Waals surface area contributed by atoms with Crippen LogP contribution in [0.3, 0.4) is 0 Å². The van der Waals surface area contributed by atoms with Crippen molar-refractivity contribution in [1.29, 1.82) is 0 Å². The number of rotatable bonds is 13. The standard InChI is InChI=1S/C37H42N10O8S2.BrH/c1-6-54-43-26(29-41-35(57-44-29)42-36(51)55-37(2,3)4)31(48)40-27-32(49)47-28(34(50)53-18-21-9-11-24(52-5)12-10-21)22(19-56-33(27)47)17-45-15-7-8-25-30(45)39-20-46(25)23-13-14-38-16-23;/h7-12,15,20,23,27,33,38H,6,13-14,16-19H2,1-5H3,(H-,40,41,42,44,48,51);1H/b43-26-;. The molecule has 3 N–H and O–H groups in total. The Labute approximate surface area is 352 Å². The quantitative estimate of drug-likeness (QED) is 0.0529. The maximum atomic E-state index is 14.0. The number of hydrogen-bond acceptors (Lipinski definition) is 15. The number of thioether (sulfide) groups is 1. The van der Waals surface area contributed by atoms with E-state index in [0.717, 1.165) is 47.8 Å². The third kappa shape index (κ3) is 9.27. The number of imidazole rings is 1. The summed E-state index contributed by atoms with van der Waals surface area (Å²) < 4.78 is 24.7. The molecule has 4 aromatic rings. The largest absolute Gasteiger partial charge is 1.00 e. The van der Waals surface area contributed by atoms with E-state index in [1.165, 1.54) is 16.7 Å². The van der Waals surface area contributed by atoms with Crippen LogP contribution in [0.2, 0.25) is 0 Å². The van der Waals surface area contributed by atoms with Gasteiger partial charge in [0.1, 0.15) is 53.7 Å². The van der Waals surface area contributed by atoms with Crippen LogP contribution in [-0.2, 0) is 41.8 Å². The molecule has 3 aliphatic rings. The smallest absolute Gasteiger partial charge is 0.414 e.